The molecule has 1 aliphatic rings. The molecule has 1 aromatic heterocycles. The number of aryl methyl sites for hydroxylation is 2. The predicted molar refractivity (Wildman–Crippen MR) is 89.4 cm³/mol. The second kappa shape index (κ2) is 5.62. The summed E-state index contributed by atoms with van der Waals surface area (Å²) in [5, 5.41) is 6.16. The van der Waals surface area contributed by atoms with Gasteiger partial charge in [-0.15, -0.1) is 4.40 Å². The Labute approximate surface area is 135 Å². The van der Waals surface area contributed by atoms with Crippen LogP contribution in [0.25, 0.3) is 0 Å². The SMILES string of the molecule is Cc1nc(C)c(C)c(NCC2=NS(=O)(=O)c3ccccc3N2)n1. The van der Waals surface area contributed by atoms with Crippen LogP contribution in [0.1, 0.15) is 17.1 Å². The first-order valence-electron chi connectivity index (χ1n) is 7.12. The molecule has 1 aliphatic heterocycles. The minimum absolute atomic E-state index is 0.189. The van der Waals surface area contributed by atoms with E-state index in [1.165, 1.54) is 6.07 Å². The van der Waals surface area contributed by atoms with Crippen molar-refractivity contribution in [1.82, 2.24) is 9.97 Å². The van der Waals surface area contributed by atoms with Gasteiger partial charge in [-0.1, -0.05) is 12.1 Å². The molecular weight excluding hydrogens is 314 g/mol. The molecule has 0 spiro atoms. The zero-order chi connectivity index (χ0) is 16.6. The molecule has 7 nitrogen and oxygen atoms in total. The monoisotopic (exact) mass is 331 g/mol. The second-order valence-corrected chi connectivity index (χ2v) is 6.89. The topological polar surface area (TPSA) is 96.3 Å². The summed E-state index contributed by atoms with van der Waals surface area (Å²) in [7, 11) is -3.67. The number of hydrogen-bond donors (Lipinski definition) is 2. The van der Waals surface area contributed by atoms with E-state index in [0.29, 0.717) is 23.2 Å². The van der Waals surface area contributed by atoms with Crippen LogP contribution in [-0.4, -0.2) is 30.8 Å². The average molecular weight is 331 g/mol. The van der Waals surface area contributed by atoms with Gasteiger partial charge in [0.05, 0.1) is 12.2 Å². The van der Waals surface area contributed by atoms with E-state index in [9.17, 15) is 8.42 Å². The first-order valence-corrected chi connectivity index (χ1v) is 8.56. The quantitative estimate of drug-likeness (QED) is 0.893. The van der Waals surface area contributed by atoms with Crippen molar-refractivity contribution in [2.24, 2.45) is 4.40 Å². The lowest BCUT2D eigenvalue weighted by Crippen LogP contribution is -2.28. The van der Waals surface area contributed by atoms with Gasteiger partial charge in [0.1, 0.15) is 22.4 Å². The van der Waals surface area contributed by atoms with Gasteiger partial charge in [-0.3, -0.25) is 0 Å². The Morgan fingerprint density at radius 1 is 1.13 bits per heavy atom. The van der Waals surface area contributed by atoms with Crippen LogP contribution in [0.15, 0.2) is 33.6 Å². The van der Waals surface area contributed by atoms with E-state index in [1.54, 1.807) is 18.2 Å². The van der Waals surface area contributed by atoms with Gasteiger partial charge < -0.3 is 10.6 Å². The third-order valence-corrected chi connectivity index (χ3v) is 4.97. The van der Waals surface area contributed by atoms with Gasteiger partial charge in [-0.2, -0.15) is 8.42 Å². The maximum atomic E-state index is 12.2. The van der Waals surface area contributed by atoms with Gasteiger partial charge in [-0.05, 0) is 32.9 Å². The Kier molecular flexibility index (Phi) is 3.77. The lowest BCUT2D eigenvalue weighted by Gasteiger charge is -2.19. The largest absolute Gasteiger partial charge is 0.362 e. The highest BCUT2D eigenvalue weighted by Gasteiger charge is 2.24. The summed E-state index contributed by atoms with van der Waals surface area (Å²) in [6, 6.07) is 6.70. The van der Waals surface area contributed by atoms with Crippen LogP contribution < -0.4 is 10.6 Å². The zero-order valence-corrected chi connectivity index (χ0v) is 13.9. The average Bonchev–Trinajstić information content (AvgIpc) is 2.49. The van der Waals surface area contributed by atoms with E-state index < -0.39 is 10.0 Å². The van der Waals surface area contributed by atoms with Crippen LogP contribution >= 0.6 is 0 Å². The first kappa shape index (κ1) is 15.4. The molecule has 0 amide bonds. The fourth-order valence-electron chi connectivity index (χ4n) is 2.35. The summed E-state index contributed by atoms with van der Waals surface area (Å²) < 4.78 is 28.2. The number of sulfonamides is 1. The van der Waals surface area contributed by atoms with Crippen LogP contribution in [0, 0.1) is 20.8 Å². The molecule has 23 heavy (non-hydrogen) atoms. The van der Waals surface area contributed by atoms with Crippen molar-refractivity contribution < 1.29 is 8.42 Å². The number of para-hydroxylation sites is 1. The van der Waals surface area contributed by atoms with Crippen molar-refractivity contribution in [3.63, 3.8) is 0 Å². The number of aromatic nitrogens is 2. The summed E-state index contributed by atoms with van der Waals surface area (Å²) >= 11 is 0. The van der Waals surface area contributed by atoms with Gasteiger partial charge in [0.2, 0.25) is 0 Å². The van der Waals surface area contributed by atoms with Crippen LogP contribution in [-0.2, 0) is 10.0 Å². The highest BCUT2D eigenvalue weighted by atomic mass is 32.2. The Morgan fingerprint density at radius 2 is 1.87 bits per heavy atom. The lowest BCUT2D eigenvalue weighted by molar-refractivity contribution is 0.597. The molecule has 0 unspecified atom stereocenters. The van der Waals surface area contributed by atoms with Gasteiger partial charge >= 0.3 is 0 Å². The summed E-state index contributed by atoms with van der Waals surface area (Å²) in [6.07, 6.45) is 0. The van der Waals surface area contributed by atoms with E-state index in [-0.39, 0.29) is 11.4 Å². The lowest BCUT2D eigenvalue weighted by atomic mass is 10.2. The number of rotatable bonds is 3. The molecule has 0 bridgehead atoms. The van der Waals surface area contributed by atoms with Crippen molar-refractivity contribution in [3.8, 4) is 0 Å². The highest BCUT2D eigenvalue weighted by molar-refractivity contribution is 7.90. The third kappa shape index (κ3) is 3.02. The van der Waals surface area contributed by atoms with Crippen molar-refractivity contribution in [1.29, 1.82) is 0 Å². The molecule has 0 saturated heterocycles. The highest BCUT2D eigenvalue weighted by Crippen LogP contribution is 2.26. The molecular formula is C15H17N5O2S. The first-order chi connectivity index (χ1) is 10.9. The number of hydrogen-bond acceptors (Lipinski definition) is 6. The molecule has 2 heterocycles. The molecule has 0 fully saturated rings. The molecule has 1 aromatic carbocycles. The van der Waals surface area contributed by atoms with Crippen molar-refractivity contribution in [2.75, 3.05) is 17.2 Å². The number of benzene rings is 1. The summed E-state index contributed by atoms with van der Waals surface area (Å²) in [5.74, 6) is 1.67. The molecule has 0 aliphatic carbocycles. The Bertz CT molecular complexity index is 906. The molecule has 3 rings (SSSR count). The van der Waals surface area contributed by atoms with Crippen LogP contribution in [0.4, 0.5) is 11.5 Å². The second-order valence-electron chi connectivity index (χ2n) is 5.32. The minimum atomic E-state index is -3.67. The maximum absolute atomic E-state index is 12.2. The van der Waals surface area contributed by atoms with Gasteiger partial charge in [0.25, 0.3) is 10.0 Å². The molecule has 2 aromatic rings. The van der Waals surface area contributed by atoms with Crippen molar-refractivity contribution in [2.45, 2.75) is 25.7 Å². The fraction of sp³-hybridized carbons (Fsp3) is 0.267. The van der Waals surface area contributed by atoms with Gasteiger partial charge in [0, 0.05) is 11.3 Å². The fourth-order valence-corrected chi connectivity index (χ4v) is 3.50. The molecule has 8 heteroatoms. The molecule has 120 valence electrons. The molecule has 0 radical (unpaired) electrons. The number of fused-ring (bicyclic) bond motifs is 1. The van der Waals surface area contributed by atoms with Crippen LogP contribution in [0.5, 0.6) is 0 Å². The summed E-state index contributed by atoms with van der Waals surface area (Å²) in [5.41, 5.74) is 2.35. The zero-order valence-electron chi connectivity index (χ0n) is 13.1. The standard InChI is InChI=1S/C15H17N5O2S/c1-9-10(2)17-11(3)18-15(9)16-8-14-19-12-6-4-5-7-13(12)23(21,22)20-14/h4-7H,8H2,1-3H3,(H,19,20)(H,16,17,18). The van der Waals surface area contributed by atoms with Gasteiger partial charge in [-0.25, -0.2) is 9.97 Å². The number of amidine groups is 1. The third-order valence-electron chi connectivity index (χ3n) is 3.60. The number of anilines is 2. The number of nitrogens with zero attached hydrogens (tertiary/aromatic N) is 3. The van der Waals surface area contributed by atoms with Crippen LogP contribution in [0.3, 0.4) is 0 Å². The van der Waals surface area contributed by atoms with E-state index in [1.807, 2.05) is 20.8 Å². The molecule has 0 atom stereocenters. The Morgan fingerprint density at radius 3 is 2.65 bits per heavy atom. The molecule has 0 saturated carbocycles. The summed E-state index contributed by atoms with van der Waals surface area (Å²) in [4.78, 5) is 8.82. The smallest absolute Gasteiger partial charge is 0.286 e. The van der Waals surface area contributed by atoms with Crippen molar-refractivity contribution >= 4 is 27.4 Å². The summed E-state index contributed by atoms with van der Waals surface area (Å²) in [6.45, 7) is 5.87. The van der Waals surface area contributed by atoms with E-state index in [0.717, 1.165) is 11.3 Å². The minimum Gasteiger partial charge on any atom is -0.362 e. The molecule has 2 N–H and O–H groups in total. The van der Waals surface area contributed by atoms with Crippen LogP contribution in [0.2, 0.25) is 0 Å². The predicted octanol–water partition coefficient (Wildman–Crippen LogP) is 2.03. The van der Waals surface area contributed by atoms with E-state index in [4.69, 9.17) is 0 Å². The Balaban J connectivity index is 1.85. The maximum Gasteiger partial charge on any atom is 0.286 e. The number of nitrogens with one attached hydrogen (secondary N) is 2. The normalized spacial score (nSPS) is 15.3. The van der Waals surface area contributed by atoms with E-state index in [2.05, 4.69) is 25.0 Å². The van der Waals surface area contributed by atoms with Gasteiger partial charge in [0.15, 0.2) is 0 Å². The van der Waals surface area contributed by atoms with E-state index >= 15 is 0 Å². The van der Waals surface area contributed by atoms with Crippen molar-refractivity contribution in [3.05, 3.63) is 41.3 Å². The Hall–Kier alpha value is -2.48.